The Morgan fingerprint density at radius 1 is 1.37 bits per heavy atom. The Morgan fingerprint density at radius 2 is 2.05 bits per heavy atom. The third-order valence-electron chi connectivity index (χ3n) is 2.12. The highest BCUT2D eigenvalue weighted by Gasteiger charge is 2.07. The first kappa shape index (κ1) is 13.3. The van der Waals surface area contributed by atoms with E-state index in [9.17, 15) is 9.18 Å². The predicted octanol–water partition coefficient (Wildman–Crippen LogP) is 2.31. The van der Waals surface area contributed by atoms with Crippen molar-refractivity contribution in [1.82, 2.24) is 9.97 Å². The Morgan fingerprint density at radius 3 is 2.68 bits per heavy atom. The van der Waals surface area contributed by atoms with E-state index in [2.05, 4.69) is 15.3 Å². The molecule has 5 nitrogen and oxygen atoms in total. The van der Waals surface area contributed by atoms with Crippen LogP contribution in [-0.4, -0.2) is 15.9 Å². The van der Waals surface area contributed by atoms with Crippen molar-refractivity contribution in [1.29, 1.82) is 0 Å². The van der Waals surface area contributed by atoms with E-state index in [0.717, 1.165) is 22.9 Å². The third kappa shape index (κ3) is 3.65. The quantitative estimate of drug-likeness (QED) is 0.842. The molecule has 1 amide bonds. The largest absolute Gasteiger partial charge is 0.368 e. The molecular formula is C12H11FN4OS. The molecule has 0 fully saturated rings. The zero-order valence-electron chi connectivity index (χ0n) is 10.1. The van der Waals surface area contributed by atoms with Gasteiger partial charge in [-0.1, -0.05) is 11.8 Å². The number of anilines is 2. The van der Waals surface area contributed by atoms with E-state index in [1.54, 1.807) is 24.3 Å². The molecule has 98 valence electrons. The smallest absolute Gasteiger partial charge is 0.221 e. The van der Waals surface area contributed by atoms with Gasteiger partial charge in [0.05, 0.1) is 6.20 Å². The minimum absolute atomic E-state index is 0.0266. The number of nitrogens with one attached hydrogen (secondary N) is 1. The number of amides is 1. The van der Waals surface area contributed by atoms with Gasteiger partial charge in [0, 0.05) is 17.5 Å². The number of rotatable bonds is 3. The van der Waals surface area contributed by atoms with E-state index in [-0.39, 0.29) is 16.9 Å². The number of nitrogens with two attached hydrogens (primary N) is 1. The van der Waals surface area contributed by atoms with Crippen molar-refractivity contribution in [2.24, 2.45) is 0 Å². The molecule has 2 aromatic rings. The molecule has 7 heteroatoms. The van der Waals surface area contributed by atoms with Crippen LogP contribution < -0.4 is 11.1 Å². The number of hydrogen-bond donors (Lipinski definition) is 2. The number of nitrogen functional groups attached to an aromatic ring is 1. The predicted molar refractivity (Wildman–Crippen MR) is 71.3 cm³/mol. The van der Waals surface area contributed by atoms with Crippen LogP contribution in [0.5, 0.6) is 0 Å². The van der Waals surface area contributed by atoms with Crippen LogP contribution in [0.1, 0.15) is 6.92 Å². The maximum atomic E-state index is 13.4. The summed E-state index contributed by atoms with van der Waals surface area (Å²) >= 11 is 1.14. The average molecular weight is 278 g/mol. The van der Waals surface area contributed by atoms with Gasteiger partial charge in [0.25, 0.3) is 0 Å². The maximum Gasteiger partial charge on any atom is 0.221 e. The van der Waals surface area contributed by atoms with E-state index in [1.807, 2.05) is 0 Å². The molecule has 1 aromatic heterocycles. The minimum Gasteiger partial charge on any atom is -0.368 e. The van der Waals surface area contributed by atoms with E-state index in [4.69, 9.17) is 5.73 Å². The Hall–Kier alpha value is -2.15. The standard InChI is InChI=1S/C12H11FN4OS/c1-7(18)16-8-2-4-9(5-3-8)19-11-10(13)6-15-12(14)17-11/h2-6H,1H3,(H,16,18)(H2,14,15,17). The number of hydrogen-bond acceptors (Lipinski definition) is 5. The maximum absolute atomic E-state index is 13.4. The van der Waals surface area contributed by atoms with Crippen LogP contribution in [0, 0.1) is 5.82 Å². The summed E-state index contributed by atoms with van der Waals surface area (Å²) in [4.78, 5) is 19.0. The first-order valence-corrected chi connectivity index (χ1v) is 6.20. The number of aromatic nitrogens is 2. The third-order valence-corrected chi connectivity index (χ3v) is 3.11. The number of carbonyl (C=O) groups is 1. The second-order valence-corrected chi connectivity index (χ2v) is 4.75. The zero-order chi connectivity index (χ0) is 13.8. The van der Waals surface area contributed by atoms with Crippen LogP contribution in [0.2, 0.25) is 0 Å². The van der Waals surface area contributed by atoms with Crippen LogP contribution in [0.4, 0.5) is 16.0 Å². The molecule has 0 aliphatic carbocycles. The molecule has 0 atom stereocenters. The summed E-state index contributed by atoms with van der Waals surface area (Å²) in [7, 11) is 0. The summed E-state index contributed by atoms with van der Waals surface area (Å²) in [5.41, 5.74) is 6.09. The van der Waals surface area contributed by atoms with E-state index >= 15 is 0 Å². The van der Waals surface area contributed by atoms with Gasteiger partial charge in [0.1, 0.15) is 5.03 Å². The molecule has 0 radical (unpaired) electrons. The summed E-state index contributed by atoms with van der Waals surface area (Å²) < 4.78 is 13.4. The first-order chi connectivity index (χ1) is 9.04. The molecule has 1 heterocycles. The molecule has 0 aliphatic rings. The fourth-order valence-electron chi connectivity index (χ4n) is 1.36. The van der Waals surface area contributed by atoms with Gasteiger partial charge in [-0.2, -0.15) is 0 Å². The zero-order valence-corrected chi connectivity index (χ0v) is 10.9. The van der Waals surface area contributed by atoms with Crippen molar-refractivity contribution in [2.75, 3.05) is 11.1 Å². The Kier molecular flexibility index (Phi) is 3.96. The van der Waals surface area contributed by atoms with Crippen molar-refractivity contribution in [3.05, 3.63) is 36.3 Å². The fourth-order valence-corrected chi connectivity index (χ4v) is 2.14. The van der Waals surface area contributed by atoms with E-state index in [1.165, 1.54) is 6.92 Å². The summed E-state index contributed by atoms with van der Waals surface area (Å²) in [5, 5.41) is 2.81. The van der Waals surface area contributed by atoms with Crippen LogP contribution in [0.15, 0.2) is 40.4 Å². The van der Waals surface area contributed by atoms with Crippen molar-refractivity contribution in [2.45, 2.75) is 16.8 Å². The molecule has 0 unspecified atom stereocenters. The van der Waals surface area contributed by atoms with Crippen LogP contribution in [0.3, 0.4) is 0 Å². The minimum atomic E-state index is -0.523. The second kappa shape index (κ2) is 5.66. The number of benzene rings is 1. The fraction of sp³-hybridized carbons (Fsp3) is 0.0833. The summed E-state index contributed by atoms with van der Waals surface area (Å²) in [5.74, 6) is -0.640. The summed E-state index contributed by atoms with van der Waals surface area (Å²) in [6, 6.07) is 6.97. The molecule has 3 N–H and O–H groups in total. The highest BCUT2D eigenvalue weighted by molar-refractivity contribution is 7.99. The van der Waals surface area contributed by atoms with Crippen molar-refractivity contribution in [3.63, 3.8) is 0 Å². The average Bonchev–Trinajstić information content (AvgIpc) is 2.35. The summed E-state index contributed by atoms with van der Waals surface area (Å²) in [6.07, 6.45) is 1.04. The lowest BCUT2D eigenvalue weighted by Gasteiger charge is -2.05. The molecule has 19 heavy (non-hydrogen) atoms. The first-order valence-electron chi connectivity index (χ1n) is 5.38. The normalized spacial score (nSPS) is 10.2. The van der Waals surface area contributed by atoms with Crippen molar-refractivity contribution < 1.29 is 9.18 Å². The molecule has 2 rings (SSSR count). The van der Waals surface area contributed by atoms with Gasteiger partial charge in [0.2, 0.25) is 11.9 Å². The number of carbonyl (C=O) groups excluding carboxylic acids is 1. The SMILES string of the molecule is CC(=O)Nc1ccc(Sc2nc(N)ncc2F)cc1. The molecule has 0 saturated carbocycles. The Balaban J connectivity index is 2.15. The van der Waals surface area contributed by atoms with Gasteiger partial charge in [-0.3, -0.25) is 4.79 Å². The summed E-state index contributed by atoms with van der Waals surface area (Å²) in [6.45, 7) is 1.43. The van der Waals surface area contributed by atoms with Gasteiger partial charge >= 0.3 is 0 Å². The molecule has 0 spiro atoms. The Labute approximate surface area is 113 Å². The molecular weight excluding hydrogens is 267 g/mol. The van der Waals surface area contributed by atoms with E-state index < -0.39 is 5.82 Å². The molecule has 0 saturated heterocycles. The van der Waals surface area contributed by atoms with Gasteiger partial charge < -0.3 is 11.1 Å². The van der Waals surface area contributed by atoms with Crippen LogP contribution >= 0.6 is 11.8 Å². The molecule has 0 aliphatic heterocycles. The topological polar surface area (TPSA) is 80.9 Å². The second-order valence-electron chi connectivity index (χ2n) is 3.69. The van der Waals surface area contributed by atoms with E-state index in [0.29, 0.717) is 5.69 Å². The van der Waals surface area contributed by atoms with Gasteiger partial charge in [-0.15, -0.1) is 0 Å². The lowest BCUT2D eigenvalue weighted by atomic mass is 10.3. The Bertz CT molecular complexity index is 603. The molecule has 0 bridgehead atoms. The van der Waals surface area contributed by atoms with Gasteiger partial charge in [-0.25, -0.2) is 14.4 Å². The number of nitrogens with zero attached hydrogens (tertiary/aromatic N) is 2. The number of halogens is 1. The van der Waals surface area contributed by atoms with Crippen LogP contribution in [0.25, 0.3) is 0 Å². The lowest BCUT2D eigenvalue weighted by Crippen LogP contribution is -2.05. The van der Waals surface area contributed by atoms with Gasteiger partial charge in [0.15, 0.2) is 5.82 Å². The van der Waals surface area contributed by atoms with Crippen molar-refractivity contribution >= 4 is 29.3 Å². The molecule has 1 aromatic carbocycles. The lowest BCUT2D eigenvalue weighted by molar-refractivity contribution is -0.114. The van der Waals surface area contributed by atoms with Crippen molar-refractivity contribution in [3.8, 4) is 0 Å². The monoisotopic (exact) mass is 278 g/mol. The highest BCUT2D eigenvalue weighted by atomic mass is 32.2. The highest BCUT2D eigenvalue weighted by Crippen LogP contribution is 2.29. The van der Waals surface area contributed by atoms with Crippen LogP contribution in [-0.2, 0) is 4.79 Å². The van der Waals surface area contributed by atoms with Gasteiger partial charge in [-0.05, 0) is 24.3 Å².